The van der Waals surface area contributed by atoms with Crippen LogP contribution in [-0.4, -0.2) is 34.0 Å². The molecule has 1 aliphatic heterocycles. The van der Waals surface area contributed by atoms with Crippen LogP contribution in [0.3, 0.4) is 0 Å². The number of hydrogen-bond donors (Lipinski definition) is 1. The summed E-state index contributed by atoms with van der Waals surface area (Å²) in [6.07, 6.45) is 4.73. The van der Waals surface area contributed by atoms with Crippen molar-refractivity contribution in [3.63, 3.8) is 0 Å². The van der Waals surface area contributed by atoms with Gasteiger partial charge in [0.2, 0.25) is 5.91 Å². The number of fused-ring (bicyclic) bond motifs is 1. The van der Waals surface area contributed by atoms with E-state index in [2.05, 4.69) is 0 Å². The number of rotatable bonds is 3. The van der Waals surface area contributed by atoms with Crippen molar-refractivity contribution in [3.8, 4) is 0 Å². The number of amides is 1. The zero-order valence-electron chi connectivity index (χ0n) is 13.8. The summed E-state index contributed by atoms with van der Waals surface area (Å²) in [5, 5.41) is 9.54. The van der Waals surface area contributed by atoms with Crippen molar-refractivity contribution in [3.05, 3.63) is 35.4 Å². The Morgan fingerprint density at radius 3 is 2.44 bits per heavy atom. The van der Waals surface area contributed by atoms with Crippen LogP contribution in [0.5, 0.6) is 0 Å². The van der Waals surface area contributed by atoms with Crippen molar-refractivity contribution < 1.29 is 23.5 Å². The summed E-state index contributed by atoms with van der Waals surface area (Å²) >= 11 is 0. The van der Waals surface area contributed by atoms with Crippen LogP contribution in [0.2, 0.25) is 0 Å². The first kappa shape index (κ1) is 16.5. The van der Waals surface area contributed by atoms with E-state index in [0.29, 0.717) is 12.8 Å². The average molecular weight is 349 g/mol. The molecule has 2 aliphatic carbocycles. The van der Waals surface area contributed by atoms with Gasteiger partial charge in [-0.25, -0.2) is 13.6 Å². The van der Waals surface area contributed by atoms with Gasteiger partial charge in [-0.1, -0.05) is 18.9 Å². The van der Waals surface area contributed by atoms with E-state index < -0.39 is 35.5 Å². The van der Waals surface area contributed by atoms with Crippen molar-refractivity contribution in [1.82, 2.24) is 4.90 Å². The number of aliphatic carboxylic acids is 1. The van der Waals surface area contributed by atoms with Crippen molar-refractivity contribution >= 4 is 11.9 Å². The second kappa shape index (κ2) is 6.07. The topological polar surface area (TPSA) is 57.6 Å². The van der Waals surface area contributed by atoms with Gasteiger partial charge in [-0.2, -0.15) is 0 Å². The van der Waals surface area contributed by atoms with Crippen LogP contribution in [0.25, 0.3) is 0 Å². The number of carbonyl (C=O) groups excluding carboxylic acids is 1. The lowest BCUT2D eigenvalue weighted by Crippen LogP contribution is -2.47. The summed E-state index contributed by atoms with van der Waals surface area (Å²) in [7, 11) is 0. The number of hydrogen-bond acceptors (Lipinski definition) is 2. The predicted molar refractivity (Wildman–Crippen MR) is 85.8 cm³/mol. The molecule has 0 spiro atoms. The summed E-state index contributed by atoms with van der Waals surface area (Å²) < 4.78 is 27.9. The summed E-state index contributed by atoms with van der Waals surface area (Å²) in [4.78, 5) is 26.2. The molecule has 1 aromatic rings. The Hall–Kier alpha value is -1.98. The highest BCUT2D eigenvalue weighted by atomic mass is 19.1. The van der Waals surface area contributed by atoms with Gasteiger partial charge in [-0.05, 0) is 43.7 Å². The van der Waals surface area contributed by atoms with Gasteiger partial charge in [0.05, 0.1) is 0 Å². The second-order valence-electron chi connectivity index (χ2n) is 7.53. The molecule has 3 aliphatic rings. The van der Waals surface area contributed by atoms with Gasteiger partial charge in [-0.3, -0.25) is 4.79 Å². The van der Waals surface area contributed by atoms with Crippen molar-refractivity contribution in [2.24, 2.45) is 11.8 Å². The van der Waals surface area contributed by atoms with Crippen LogP contribution < -0.4 is 0 Å². The second-order valence-corrected chi connectivity index (χ2v) is 7.53. The Morgan fingerprint density at radius 1 is 1.08 bits per heavy atom. The molecule has 5 unspecified atom stereocenters. The average Bonchev–Trinajstić information content (AvgIpc) is 3.25. The quantitative estimate of drug-likeness (QED) is 0.911. The van der Waals surface area contributed by atoms with Crippen LogP contribution in [0.15, 0.2) is 18.2 Å². The van der Waals surface area contributed by atoms with E-state index in [9.17, 15) is 23.5 Å². The largest absolute Gasteiger partial charge is 0.480 e. The van der Waals surface area contributed by atoms with Crippen molar-refractivity contribution in [1.29, 1.82) is 0 Å². The highest BCUT2D eigenvalue weighted by Gasteiger charge is 2.54. The van der Waals surface area contributed by atoms with Crippen LogP contribution in [-0.2, 0) is 9.59 Å². The number of carboxylic acids is 1. The normalized spacial score (nSPS) is 33.8. The minimum absolute atomic E-state index is 0.0333. The van der Waals surface area contributed by atoms with Crippen LogP contribution in [0.1, 0.15) is 50.0 Å². The summed E-state index contributed by atoms with van der Waals surface area (Å²) in [6, 6.07) is 2.87. The molecule has 1 amide bonds. The first-order valence-electron chi connectivity index (χ1n) is 8.98. The number of carbonyl (C=O) groups is 2. The number of nitrogens with zero attached hydrogens (tertiary/aromatic N) is 1. The van der Waals surface area contributed by atoms with Gasteiger partial charge >= 0.3 is 5.97 Å². The Bertz CT molecular complexity index is 702. The molecule has 1 saturated heterocycles. The third kappa shape index (κ3) is 2.71. The maximum absolute atomic E-state index is 14.0. The number of likely N-dealkylation sites (tertiary alicyclic amines) is 1. The SMILES string of the molecule is O=C(O)C1CC2CCCCC2N1C(=O)C1CC1c1c(F)cccc1F. The van der Waals surface area contributed by atoms with Crippen molar-refractivity contribution in [2.45, 2.75) is 56.5 Å². The van der Waals surface area contributed by atoms with Gasteiger partial charge in [0, 0.05) is 23.4 Å². The molecule has 0 bridgehead atoms. The highest BCUT2D eigenvalue weighted by molar-refractivity contribution is 5.88. The van der Waals surface area contributed by atoms with Gasteiger partial charge in [-0.15, -0.1) is 0 Å². The fourth-order valence-electron chi connectivity index (χ4n) is 4.84. The Kier molecular flexibility index (Phi) is 4.01. The zero-order chi connectivity index (χ0) is 17.7. The molecule has 0 aromatic heterocycles. The molecule has 4 rings (SSSR count). The zero-order valence-corrected chi connectivity index (χ0v) is 13.8. The monoisotopic (exact) mass is 349 g/mol. The minimum Gasteiger partial charge on any atom is -0.480 e. The Morgan fingerprint density at radius 2 is 1.76 bits per heavy atom. The summed E-state index contributed by atoms with van der Waals surface area (Å²) in [5.41, 5.74) is -0.0351. The fraction of sp³-hybridized carbons (Fsp3) is 0.579. The van der Waals surface area contributed by atoms with E-state index in [1.165, 1.54) is 23.1 Å². The first-order valence-corrected chi connectivity index (χ1v) is 8.98. The molecular formula is C19H21F2NO3. The van der Waals surface area contributed by atoms with Crippen LogP contribution in [0.4, 0.5) is 8.78 Å². The fourth-order valence-corrected chi connectivity index (χ4v) is 4.84. The number of halogens is 2. The Labute approximate surface area is 144 Å². The molecule has 5 atom stereocenters. The molecule has 4 nitrogen and oxygen atoms in total. The number of benzene rings is 1. The lowest BCUT2D eigenvalue weighted by molar-refractivity contribution is -0.150. The lowest BCUT2D eigenvalue weighted by Gasteiger charge is -2.33. The van der Waals surface area contributed by atoms with E-state index in [1.807, 2.05) is 0 Å². The van der Waals surface area contributed by atoms with Gasteiger partial charge in [0.1, 0.15) is 17.7 Å². The van der Waals surface area contributed by atoms with Crippen molar-refractivity contribution in [2.75, 3.05) is 0 Å². The summed E-state index contributed by atoms with van der Waals surface area (Å²) in [5.74, 6) is -3.23. The molecule has 1 N–H and O–H groups in total. The first-order chi connectivity index (χ1) is 12.0. The molecule has 6 heteroatoms. The summed E-state index contributed by atoms with van der Waals surface area (Å²) in [6.45, 7) is 0. The third-order valence-corrected chi connectivity index (χ3v) is 6.11. The molecule has 3 fully saturated rings. The van der Waals surface area contributed by atoms with E-state index in [1.54, 1.807) is 0 Å². The van der Waals surface area contributed by atoms with Gasteiger partial charge < -0.3 is 10.0 Å². The smallest absolute Gasteiger partial charge is 0.326 e. The van der Waals surface area contributed by atoms with Crippen LogP contribution >= 0.6 is 0 Å². The minimum atomic E-state index is -0.975. The molecule has 0 radical (unpaired) electrons. The molecule has 1 heterocycles. The van der Waals surface area contributed by atoms with Crippen LogP contribution in [0, 0.1) is 23.5 Å². The molecular weight excluding hydrogens is 328 g/mol. The molecule has 25 heavy (non-hydrogen) atoms. The molecule has 1 aromatic carbocycles. The third-order valence-electron chi connectivity index (χ3n) is 6.11. The van der Waals surface area contributed by atoms with E-state index in [0.717, 1.165) is 25.7 Å². The van der Waals surface area contributed by atoms with E-state index in [4.69, 9.17) is 0 Å². The standard InChI is InChI=1S/C19H21F2NO3/c20-13-5-3-6-14(21)17(13)11-9-12(11)18(23)22-15-7-2-1-4-10(15)8-16(22)19(24)25/h3,5-6,10-12,15-16H,1-2,4,7-9H2,(H,24,25). The van der Waals surface area contributed by atoms with E-state index >= 15 is 0 Å². The molecule has 2 saturated carbocycles. The maximum Gasteiger partial charge on any atom is 0.326 e. The predicted octanol–water partition coefficient (Wildman–Crippen LogP) is 3.31. The van der Waals surface area contributed by atoms with Gasteiger partial charge in [0.25, 0.3) is 0 Å². The highest BCUT2D eigenvalue weighted by Crippen LogP contribution is 2.52. The Balaban J connectivity index is 1.57. The molecule has 134 valence electrons. The van der Waals surface area contributed by atoms with Gasteiger partial charge in [0.15, 0.2) is 0 Å². The van der Waals surface area contributed by atoms with E-state index in [-0.39, 0.29) is 23.4 Å². The number of carboxylic acid groups (broad SMARTS) is 1. The maximum atomic E-state index is 14.0. The lowest BCUT2D eigenvalue weighted by atomic mass is 9.84.